The predicted molar refractivity (Wildman–Crippen MR) is 85.6 cm³/mol. The number of rotatable bonds is 5. The zero-order chi connectivity index (χ0) is 14.5. The third-order valence-electron chi connectivity index (χ3n) is 2.70. The third kappa shape index (κ3) is 3.42. The maximum Gasteiger partial charge on any atom is 0.271 e. The van der Waals surface area contributed by atoms with E-state index in [-0.39, 0.29) is 5.78 Å². The zero-order valence-corrected chi connectivity index (χ0v) is 13.3. The van der Waals surface area contributed by atoms with Gasteiger partial charge in [-0.05, 0) is 19.1 Å². The van der Waals surface area contributed by atoms with Gasteiger partial charge in [-0.25, -0.2) is 0 Å². The standard InChI is InChI=1S/C14H13ClN2OS2/c1-2-16-14(19)12(17-8-4-3-5-9-17)13(18)10-6-7-11(15)20-10/h3-9,12H,2H2,1H3/p+1. The van der Waals surface area contributed by atoms with Gasteiger partial charge in [-0.2, -0.15) is 4.57 Å². The molecule has 1 atom stereocenters. The first-order valence-electron chi connectivity index (χ1n) is 6.16. The van der Waals surface area contributed by atoms with Crippen LogP contribution < -0.4 is 9.88 Å². The molecule has 1 N–H and O–H groups in total. The second-order valence-electron chi connectivity index (χ2n) is 4.09. The van der Waals surface area contributed by atoms with E-state index in [0.29, 0.717) is 20.7 Å². The van der Waals surface area contributed by atoms with Gasteiger partial charge in [-0.15, -0.1) is 11.3 Å². The molecule has 2 rings (SSSR count). The van der Waals surface area contributed by atoms with E-state index < -0.39 is 6.04 Å². The number of likely N-dealkylation sites (N-methyl/N-ethyl adjacent to an activating group) is 1. The van der Waals surface area contributed by atoms with Gasteiger partial charge in [-0.1, -0.05) is 29.9 Å². The van der Waals surface area contributed by atoms with E-state index in [9.17, 15) is 4.79 Å². The Hall–Kier alpha value is -1.30. The van der Waals surface area contributed by atoms with Crippen LogP contribution in [0.3, 0.4) is 0 Å². The molecule has 3 nitrogen and oxygen atoms in total. The van der Waals surface area contributed by atoms with Crippen molar-refractivity contribution >= 4 is 45.9 Å². The van der Waals surface area contributed by atoms with Crippen molar-refractivity contribution in [3.63, 3.8) is 0 Å². The molecule has 0 fully saturated rings. The van der Waals surface area contributed by atoms with E-state index in [4.69, 9.17) is 23.8 Å². The first kappa shape index (κ1) is 15.1. The lowest BCUT2D eigenvalue weighted by Crippen LogP contribution is -2.51. The van der Waals surface area contributed by atoms with E-state index in [0.717, 1.165) is 0 Å². The topological polar surface area (TPSA) is 33.0 Å². The Morgan fingerprint density at radius 1 is 1.40 bits per heavy atom. The molecular weight excluding hydrogens is 312 g/mol. The molecule has 2 aromatic rings. The van der Waals surface area contributed by atoms with E-state index in [1.807, 2.05) is 37.5 Å². The van der Waals surface area contributed by atoms with Crippen molar-refractivity contribution in [2.75, 3.05) is 6.54 Å². The molecule has 0 spiro atoms. The number of halogens is 1. The minimum absolute atomic E-state index is 0.0518. The summed E-state index contributed by atoms with van der Waals surface area (Å²) in [6.07, 6.45) is 3.67. The van der Waals surface area contributed by atoms with Crippen molar-refractivity contribution in [2.45, 2.75) is 13.0 Å². The van der Waals surface area contributed by atoms with E-state index in [1.54, 1.807) is 16.7 Å². The highest BCUT2D eigenvalue weighted by Gasteiger charge is 2.33. The van der Waals surface area contributed by atoms with Gasteiger partial charge in [0, 0.05) is 18.7 Å². The Labute approximate surface area is 132 Å². The molecule has 2 aromatic heterocycles. The van der Waals surface area contributed by atoms with Gasteiger partial charge in [-0.3, -0.25) is 4.79 Å². The summed E-state index contributed by atoms with van der Waals surface area (Å²) in [4.78, 5) is 13.8. The summed E-state index contributed by atoms with van der Waals surface area (Å²) >= 11 is 12.5. The second kappa shape index (κ2) is 6.92. The van der Waals surface area contributed by atoms with E-state index in [1.165, 1.54) is 11.3 Å². The Kier molecular flexibility index (Phi) is 5.23. The summed E-state index contributed by atoms with van der Waals surface area (Å²) in [6, 6.07) is 8.56. The fraction of sp³-hybridized carbons (Fsp3) is 0.214. The number of nitrogens with one attached hydrogen (secondary N) is 1. The van der Waals surface area contributed by atoms with Crippen LogP contribution in [0.15, 0.2) is 42.7 Å². The SMILES string of the molecule is CCNC(=S)C(C(=O)c1ccc(Cl)s1)[n+]1ccccc1. The molecule has 0 aliphatic carbocycles. The molecule has 20 heavy (non-hydrogen) atoms. The molecule has 2 heterocycles. The summed E-state index contributed by atoms with van der Waals surface area (Å²) in [5.74, 6) is -0.0518. The van der Waals surface area contributed by atoms with Crippen LogP contribution in [0.1, 0.15) is 22.6 Å². The lowest BCUT2D eigenvalue weighted by molar-refractivity contribution is -0.692. The minimum Gasteiger partial charge on any atom is -0.374 e. The van der Waals surface area contributed by atoms with Crippen molar-refractivity contribution < 1.29 is 9.36 Å². The maximum absolute atomic E-state index is 12.7. The summed E-state index contributed by atoms with van der Waals surface area (Å²) in [5.41, 5.74) is 0. The molecule has 0 radical (unpaired) electrons. The van der Waals surface area contributed by atoms with Gasteiger partial charge in [0.1, 0.15) is 0 Å². The fourth-order valence-electron chi connectivity index (χ4n) is 1.83. The molecular formula is C14H14ClN2OS2+. The monoisotopic (exact) mass is 325 g/mol. The Morgan fingerprint density at radius 3 is 2.65 bits per heavy atom. The average molecular weight is 326 g/mol. The number of hydrogen-bond donors (Lipinski definition) is 1. The first-order valence-corrected chi connectivity index (χ1v) is 7.76. The van der Waals surface area contributed by atoms with Crippen LogP contribution in [0.4, 0.5) is 0 Å². The Bertz CT molecular complexity index is 613. The van der Waals surface area contributed by atoms with Gasteiger partial charge >= 0.3 is 0 Å². The highest BCUT2D eigenvalue weighted by Crippen LogP contribution is 2.24. The molecule has 0 aromatic carbocycles. The molecule has 0 amide bonds. The van der Waals surface area contributed by atoms with Crippen molar-refractivity contribution in [1.29, 1.82) is 0 Å². The molecule has 0 saturated carbocycles. The average Bonchev–Trinajstić information content (AvgIpc) is 2.87. The molecule has 0 saturated heterocycles. The fourth-order valence-corrected chi connectivity index (χ4v) is 3.21. The number of ketones is 1. The molecule has 1 unspecified atom stereocenters. The van der Waals surface area contributed by atoms with Crippen LogP contribution in [0.5, 0.6) is 0 Å². The first-order chi connectivity index (χ1) is 9.63. The van der Waals surface area contributed by atoms with E-state index in [2.05, 4.69) is 5.32 Å². The predicted octanol–water partition coefficient (Wildman–Crippen LogP) is 3.05. The van der Waals surface area contributed by atoms with Crippen molar-refractivity contribution in [1.82, 2.24) is 5.32 Å². The number of hydrogen-bond acceptors (Lipinski definition) is 3. The second-order valence-corrected chi connectivity index (χ2v) is 6.24. The highest BCUT2D eigenvalue weighted by molar-refractivity contribution is 7.80. The number of thiocarbonyl (C=S) groups is 1. The minimum atomic E-state index is -0.541. The van der Waals surface area contributed by atoms with Gasteiger partial charge in [0.2, 0.25) is 5.78 Å². The molecule has 6 heteroatoms. The van der Waals surface area contributed by atoms with Crippen LogP contribution in [0.25, 0.3) is 0 Å². The van der Waals surface area contributed by atoms with Crippen LogP contribution in [0, 0.1) is 0 Å². The third-order valence-corrected chi connectivity index (χ3v) is 4.31. The normalized spacial score (nSPS) is 11.9. The van der Waals surface area contributed by atoms with Crippen LogP contribution >= 0.6 is 35.2 Å². The molecule has 0 aliphatic heterocycles. The van der Waals surface area contributed by atoms with Crippen LogP contribution in [-0.2, 0) is 0 Å². The van der Waals surface area contributed by atoms with Crippen molar-refractivity contribution in [3.8, 4) is 0 Å². The maximum atomic E-state index is 12.7. The summed E-state index contributed by atoms with van der Waals surface area (Å²) in [5, 5.41) is 3.06. The highest BCUT2D eigenvalue weighted by atomic mass is 35.5. The van der Waals surface area contributed by atoms with Crippen molar-refractivity contribution in [2.24, 2.45) is 0 Å². The smallest absolute Gasteiger partial charge is 0.271 e. The van der Waals surface area contributed by atoms with E-state index >= 15 is 0 Å². The van der Waals surface area contributed by atoms with Gasteiger partial charge < -0.3 is 5.32 Å². The lowest BCUT2D eigenvalue weighted by atomic mass is 10.1. The van der Waals surface area contributed by atoms with Gasteiger partial charge in [0.05, 0.1) is 9.21 Å². The number of thiophene rings is 1. The summed E-state index contributed by atoms with van der Waals surface area (Å²) < 4.78 is 2.40. The number of aromatic nitrogens is 1. The van der Waals surface area contributed by atoms with Crippen LogP contribution in [0.2, 0.25) is 4.34 Å². The molecule has 104 valence electrons. The number of nitrogens with zero attached hydrogens (tertiary/aromatic N) is 1. The quantitative estimate of drug-likeness (QED) is 0.521. The van der Waals surface area contributed by atoms with Crippen LogP contribution in [-0.4, -0.2) is 17.3 Å². The zero-order valence-electron chi connectivity index (χ0n) is 10.9. The number of carbonyl (C=O) groups excluding carboxylic acids is 1. The summed E-state index contributed by atoms with van der Waals surface area (Å²) in [7, 11) is 0. The van der Waals surface area contributed by atoms with Gasteiger partial charge in [0.15, 0.2) is 17.4 Å². The number of Topliss-reactive ketones (excluding diaryl/α,β-unsaturated/α-hetero) is 1. The van der Waals surface area contributed by atoms with Gasteiger partial charge in [0.25, 0.3) is 6.04 Å². The Morgan fingerprint density at radius 2 is 2.10 bits per heavy atom. The van der Waals surface area contributed by atoms with Crippen molar-refractivity contribution in [3.05, 3.63) is 51.9 Å². The Balaban J connectivity index is 2.36. The number of pyridine rings is 1. The molecule has 0 bridgehead atoms. The number of carbonyl (C=O) groups is 1. The summed E-state index contributed by atoms with van der Waals surface area (Å²) in [6.45, 7) is 2.63. The largest absolute Gasteiger partial charge is 0.374 e. The molecule has 0 aliphatic rings. The lowest BCUT2D eigenvalue weighted by Gasteiger charge is -2.12.